The van der Waals surface area contributed by atoms with E-state index in [-0.39, 0.29) is 0 Å². The quantitative estimate of drug-likeness (QED) is 0.500. The largest absolute Gasteiger partial charge is 0.379 e. The van der Waals surface area contributed by atoms with Gasteiger partial charge in [0.05, 0.1) is 0 Å². The Morgan fingerprint density at radius 1 is 0.600 bits per heavy atom. The topological polar surface area (TPSA) is 0 Å². The lowest BCUT2D eigenvalue weighted by atomic mass is 10.0. The summed E-state index contributed by atoms with van der Waals surface area (Å²) in [6.07, 6.45) is 9.00. The molecule has 1 aliphatic carbocycles. The van der Waals surface area contributed by atoms with Crippen LogP contribution in [0.1, 0.15) is 38.5 Å². The van der Waals surface area contributed by atoms with E-state index in [9.17, 15) is 13.2 Å². The molecule has 1 saturated carbocycles. The molecular weight excluding hydrogens is 141 g/mol. The maximum Gasteiger partial charge on any atom is 0.379 e. The molecule has 0 aromatic heterocycles. The van der Waals surface area contributed by atoms with Gasteiger partial charge in [-0.15, -0.1) is 0 Å². The molecule has 10 heavy (non-hydrogen) atoms. The molecule has 0 amide bonds. The molecule has 3 heteroatoms. The van der Waals surface area contributed by atoms with Crippen molar-refractivity contribution >= 4 is 0 Å². The summed E-state index contributed by atoms with van der Waals surface area (Å²) in [6, 6.07) is 0. The van der Waals surface area contributed by atoms with Gasteiger partial charge in [0, 0.05) is 0 Å². The second-order valence-corrected chi connectivity index (χ2v) is 2.37. The van der Waals surface area contributed by atoms with E-state index in [1.165, 1.54) is 38.5 Å². The molecule has 0 radical (unpaired) electrons. The first-order valence-corrected chi connectivity index (χ1v) is 3.65. The minimum atomic E-state index is -3.67. The van der Waals surface area contributed by atoms with Crippen molar-refractivity contribution in [1.82, 2.24) is 0 Å². The average molecular weight is 154 g/mol. The van der Waals surface area contributed by atoms with Crippen LogP contribution in [0, 0.1) is 0 Å². The molecule has 0 aromatic carbocycles. The van der Waals surface area contributed by atoms with Crippen LogP contribution in [-0.2, 0) is 0 Å². The van der Waals surface area contributed by atoms with Crippen molar-refractivity contribution in [3.05, 3.63) is 0 Å². The van der Waals surface area contributed by atoms with Crippen molar-refractivity contribution in [3.63, 3.8) is 0 Å². The summed E-state index contributed by atoms with van der Waals surface area (Å²) >= 11 is 0. The molecule has 1 rings (SSSR count). The van der Waals surface area contributed by atoms with Crippen molar-refractivity contribution in [3.8, 4) is 0 Å². The Morgan fingerprint density at radius 2 is 0.700 bits per heavy atom. The van der Waals surface area contributed by atoms with Crippen LogP contribution in [-0.4, -0.2) is 6.68 Å². The normalized spacial score (nSPS) is 18.0. The minimum Gasteiger partial charge on any atom is -0.174 e. The number of hydrogen-bond donors (Lipinski definition) is 0. The van der Waals surface area contributed by atoms with E-state index < -0.39 is 6.68 Å². The van der Waals surface area contributed by atoms with E-state index >= 15 is 0 Å². The Bertz CT molecular complexity index is 45.6. The lowest BCUT2D eigenvalue weighted by Gasteiger charge is -2.05. The Hall–Kier alpha value is -0.210. The first kappa shape index (κ1) is 9.79. The summed E-state index contributed by atoms with van der Waals surface area (Å²) in [7, 11) is 0. The highest BCUT2D eigenvalue weighted by molar-refractivity contribution is 4.51. The predicted molar refractivity (Wildman–Crippen MR) is 34.8 cm³/mol. The zero-order valence-corrected chi connectivity index (χ0v) is 5.95. The van der Waals surface area contributed by atoms with Crippen molar-refractivity contribution in [2.75, 3.05) is 0 Å². The second-order valence-electron chi connectivity index (χ2n) is 2.37. The van der Waals surface area contributed by atoms with Gasteiger partial charge in [0.1, 0.15) is 0 Å². The van der Waals surface area contributed by atoms with Gasteiger partial charge in [0.15, 0.2) is 0 Å². The predicted octanol–water partition coefficient (Wildman–Crippen LogP) is 3.52. The molecule has 0 saturated heterocycles. The van der Waals surface area contributed by atoms with E-state index in [4.69, 9.17) is 0 Å². The molecule has 1 fully saturated rings. The van der Waals surface area contributed by atoms with E-state index in [0.717, 1.165) is 0 Å². The maximum atomic E-state index is 9.67. The Morgan fingerprint density at radius 3 is 0.800 bits per heavy atom. The van der Waals surface area contributed by atoms with Gasteiger partial charge >= 0.3 is 6.68 Å². The van der Waals surface area contributed by atoms with Crippen LogP contribution in [0.25, 0.3) is 0 Å². The number of hydrogen-bond acceptors (Lipinski definition) is 0. The second kappa shape index (κ2) is 6.90. The molecule has 0 aromatic rings. The fourth-order valence-electron chi connectivity index (χ4n) is 1.06. The van der Waals surface area contributed by atoms with E-state index in [1.807, 2.05) is 0 Å². The lowest BCUT2D eigenvalue weighted by molar-refractivity contribution is 0.00819. The number of halogens is 3. The standard InChI is InChI=1S/C6H12.CHF3/c1-2-4-6-5-3-1;2-1(3)4/h1-6H2;1H. The van der Waals surface area contributed by atoms with Crippen LogP contribution < -0.4 is 0 Å². The summed E-state index contributed by atoms with van der Waals surface area (Å²) in [5, 5.41) is 0. The highest BCUT2D eigenvalue weighted by Gasteiger charge is 1.95. The summed E-state index contributed by atoms with van der Waals surface area (Å²) in [5.74, 6) is 0. The Balaban J connectivity index is 0.000000180. The van der Waals surface area contributed by atoms with Gasteiger partial charge in [-0.05, 0) is 0 Å². The highest BCUT2D eigenvalue weighted by Crippen LogP contribution is 2.15. The fourth-order valence-corrected chi connectivity index (χ4v) is 1.06. The number of alkyl halides is 3. The Labute approximate surface area is 59.4 Å². The van der Waals surface area contributed by atoms with Gasteiger partial charge in [-0.1, -0.05) is 38.5 Å². The van der Waals surface area contributed by atoms with Crippen molar-refractivity contribution < 1.29 is 13.2 Å². The van der Waals surface area contributed by atoms with Crippen LogP contribution in [0.4, 0.5) is 13.2 Å². The van der Waals surface area contributed by atoms with Crippen molar-refractivity contribution in [2.45, 2.75) is 45.2 Å². The van der Waals surface area contributed by atoms with Crippen LogP contribution in [0.15, 0.2) is 0 Å². The summed E-state index contributed by atoms with van der Waals surface area (Å²) in [6.45, 7) is -3.67. The zero-order valence-electron chi connectivity index (χ0n) is 5.95. The molecule has 0 N–H and O–H groups in total. The zero-order chi connectivity index (χ0) is 7.82. The van der Waals surface area contributed by atoms with E-state index in [0.29, 0.717) is 0 Å². The van der Waals surface area contributed by atoms with Crippen LogP contribution in [0.5, 0.6) is 0 Å². The lowest BCUT2D eigenvalue weighted by Crippen LogP contribution is -1.85. The molecular formula is C7H13F3. The van der Waals surface area contributed by atoms with Gasteiger partial charge in [-0.2, -0.15) is 13.2 Å². The molecule has 1 aliphatic rings. The van der Waals surface area contributed by atoms with Crippen LogP contribution in [0.2, 0.25) is 0 Å². The third-order valence-corrected chi connectivity index (χ3v) is 1.50. The molecule has 0 aliphatic heterocycles. The third kappa shape index (κ3) is 10.7. The molecule has 0 atom stereocenters. The molecule has 0 heterocycles. The van der Waals surface area contributed by atoms with Crippen molar-refractivity contribution in [1.29, 1.82) is 0 Å². The van der Waals surface area contributed by atoms with Gasteiger partial charge < -0.3 is 0 Å². The van der Waals surface area contributed by atoms with E-state index in [1.54, 1.807) is 0 Å². The maximum absolute atomic E-state index is 9.67. The average Bonchev–Trinajstić information content (AvgIpc) is 1.90. The molecule has 0 nitrogen and oxygen atoms in total. The van der Waals surface area contributed by atoms with Gasteiger partial charge in [-0.25, -0.2) is 0 Å². The van der Waals surface area contributed by atoms with Gasteiger partial charge in [0.25, 0.3) is 0 Å². The molecule has 0 spiro atoms. The van der Waals surface area contributed by atoms with Crippen molar-refractivity contribution in [2.24, 2.45) is 0 Å². The minimum absolute atomic E-state index is 1.50. The first-order chi connectivity index (χ1) is 4.73. The van der Waals surface area contributed by atoms with Crippen LogP contribution in [0.3, 0.4) is 0 Å². The SMILES string of the molecule is C1CCCCC1.FC(F)F. The summed E-state index contributed by atoms with van der Waals surface area (Å²) < 4.78 is 29.0. The third-order valence-electron chi connectivity index (χ3n) is 1.50. The highest BCUT2D eigenvalue weighted by atomic mass is 19.4. The first-order valence-electron chi connectivity index (χ1n) is 3.65. The van der Waals surface area contributed by atoms with Crippen LogP contribution >= 0.6 is 0 Å². The molecule has 0 unspecified atom stereocenters. The molecule has 0 bridgehead atoms. The monoisotopic (exact) mass is 154 g/mol. The molecule has 62 valence electrons. The smallest absolute Gasteiger partial charge is 0.174 e. The summed E-state index contributed by atoms with van der Waals surface area (Å²) in [5.41, 5.74) is 0. The number of rotatable bonds is 0. The van der Waals surface area contributed by atoms with Gasteiger partial charge in [-0.3, -0.25) is 0 Å². The summed E-state index contributed by atoms with van der Waals surface area (Å²) in [4.78, 5) is 0. The Kier molecular flexibility index (Phi) is 6.76. The fraction of sp³-hybridized carbons (Fsp3) is 1.00. The van der Waals surface area contributed by atoms with Gasteiger partial charge in [0.2, 0.25) is 0 Å². The van der Waals surface area contributed by atoms with E-state index in [2.05, 4.69) is 0 Å².